The number of rotatable bonds is 4. The second kappa shape index (κ2) is 12.5. The Balaban J connectivity index is 1.05. The van der Waals surface area contributed by atoms with E-state index in [-0.39, 0.29) is 10.8 Å². The molecule has 0 heterocycles. The van der Waals surface area contributed by atoms with Crippen LogP contribution in [0.4, 0.5) is 17.1 Å². The first kappa shape index (κ1) is 34.4. The van der Waals surface area contributed by atoms with Gasteiger partial charge >= 0.3 is 0 Å². The Bertz CT molecular complexity index is 3040. The zero-order chi connectivity index (χ0) is 39.7. The van der Waals surface area contributed by atoms with Crippen LogP contribution in [-0.2, 0) is 17.3 Å². The Kier molecular flexibility index (Phi) is 7.19. The number of fused-ring (bicyclic) bond motifs is 16. The van der Waals surface area contributed by atoms with E-state index >= 15 is 0 Å². The molecule has 60 heavy (non-hydrogen) atoms. The number of benzene rings is 8. The highest BCUT2D eigenvalue weighted by Crippen LogP contribution is 2.67. The fraction of sp³-hybridized carbons (Fsp3) is 0.186. The van der Waals surface area contributed by atoms with E-state index < -0.39 is 0 Å². The summed E-state index contributed by atoms with van der Waals surface area (Å²) in [4.78, 5) is 2.60. The highest BCUT2D eigenvalue weighted by molar-refractivity contribution is 5.93. The van der Waals surface area contributed by atoms with Crippen LogP contribution in [0.2, 0.25) is 0 Å². The Labute approximate surface area is 354 Å². The molecule has 1 spiro atoms. The SMILES string of the molecule is CC1(C)c2ccccc2-c2ccc(N(c3ccc4c(c3)C3(c5ccccc5-c5ccccc53)C3CCCCC43)c3ccccc3-c3ccc4c(c3)Cc3ccccc3-4)cc21. The highest BCUT2D eigenvalue weighted by Gasteiger charge is 2.58. The van der Waals surface area contributed by atoms with Crippen molar-refractivity contribution in [2.45, 2.75) is 62.7 Å². The quantitative estimate of drug-likeness (QED) is 0.172. The van der Waals surface area contributed by atoms with E-state index in [0.717, 1.165) is 6.42 Å². The minimum atomic E-state index is -0.175. The minimum Gasteiger partial charge on any atom is -0.310 e. The van der Waals surface area contributed by atoms with Gasteiger partial charge < -0.3 is 4.90 Å². The van der Waals surface area contributed by atoms with Crippen LogP contribution in [0.15, 0.2) is 176 Å². The summed E-state index contributed by atoms with van der Waals surface area (Å²) in [5, 5.41) is 0. The molecule has 5 aliphatic carbocycles. The molecule has 0 N–H and O–H groups in total. The van der Waals surface area contributed by atoms with E-state index in [1.165, 1.54) is 126 Å². The van der Waals surface area contributed by atoms with Gasteiger partial charge in [0.25, 0.3) is 0 Å². The molecule has 2 unspecified atom stereocenters. The molecule has 13 rings (SSSR count). The van der Waals surface area contributed by atoms with Crippen molar-refractivity contribution >= 4 is 17.1 Å². The lowest BCUT2D eigenvalue weighted by molar-refractivity contribution is 0.265. The van der Waals surface area contributed by atoms with Crippen LogP contribution in [0.25, 0.3) is 44.5 Å². The molecule has 1 saturated carbocycles. The first-order chi connectivity index (χ1) is 29.5. The average molecular weight is 770 g/mol. The van der Waals surface area contributed by atoms with Crippen molar-refractivity contribution in [3.63, 3.8) is 0 Å². The molecule has 0 amide bonds. The lowest BCUT2D eigenvalue weighted by Gasteiger charge is -2.39. The minimum absolute atomic E-state index is 0.114. The van der Waals surface area contributed by atoms with E-state index in [4.69, 9.17) is 0 Å². The molecule has 8 aromatic carbocycles. The topological polar surface area (TPSA) is 3.24 Å². The molecule has 0 aliphatic heterocycles. The zero-order valence-corrected chi connectivity index (χ0v) is 34.4. The molecule has 288 valence electrons. The first-order valence-corrected chi connectivity index (χ1v) is 22.2. The van der Waals surface area contributed by atoms with Crippen LogP contribution in [0.5, 0.6) is 0 Å². The van der Waals surface area contributed by atoms with Crippen molar-refractivity contribution in [3.05, 3.63) is 220 Å². The van der Waals surface area contributed by atoms with Crippen LogP contribution in [-0.4, -0.2) is 0 Å². The maximum Gasteiger partial charge on any atom is 0.0540 e. The fourth-order valence-corrected chi connectivity index (χ4v) is 13.0. The first-order valence-electron chi connectivity index (χ1n) is 22.2. The summed E-state index contributed by atoms with van der Waals surface area (Å²) in [6, 6.07) is 67.9. The van der Waals surface area contributed by atoms with Gasteiger partial charge in [0.15, 0.2) is 0 Å². The predicted octanol–water partition coefficient (Wildman–Crippen LogP) is 15.3. The van der Waals surface area contributed by atoms with Crippen molar-refractivity contribution < 1.29 is 0 Å². The van der Waals surface area contributed by atoms with E-state index in [9.17, 15) is 0 Å². The molecule has 1 nitrogen and oxygen atoms in total. The monoisotopic (exact) mass is 769 g/mol. The van der Waals surface area contributed by atoms with Gasteiger partial charge in [0.05, 0.1) is 11.1 Å². The van der Waals surface area contributed by atoms with Gasteiger partial charge in [-0.3, -0.25) is 0 Å². The third-order valence-electron chi connectivity index (χ3n) is 15.5. The summed E-state index contributed by atoms with van der Waals surface area (Å²) >= 11 is 0. The Hall–Kier alpha value is -6.44. The second-order valence-corrected chi connectivity index (χ2v) is 18.6. The van der Waals surface area contributed by atoms with Gasteiger partial charge in [-0.1, -0.05) is 172 Å². The Morgan fingerprint density at radius 3 is 1.75 bits per heavy atom. The fourth-order valence-electron chi connectivity index (χ4n) is 13.0. The normalized spacial score (nSPS) is 18.8. The maximum absolute atomic E-state index is 2.63. The molecule has 0 radical (unpaired) electrons. The van der Waals surface area contributed by atoms with Gasteiger partial charge in [-0.2, -0.15) is 0 Å². The van der Waals surface area contributed by atoms with Crippen LogP contribution in [0, 0.1) is 5.92 Å². The second-order valence-electron chi connectivity index (χ2n) is 18.6. The Morgan fingerprint density at radius 1 is 0.433 bits per heavy atom. The van der Waals surface area contributed by atoms with Crippen molar-refractivity contribution in [3.8, 4) is 44.5 Å². The summed E-state index contributed by atoms with van der Waals surface area (Å²) < 4.78 is 0. The van der Waals surface area contributed by atoms with Gasteiger partial charge in [-0.15, -0.1) is 0 Å². The van der Waals surface area contributed by atoms with Gasteiger partial charge in [-0.25, -0.2) is 0 Å². The Morgan fingerprint density at radius 2 is 0.983 bits per heavy atom. The van der Waals surface area contributed by atoms with E-state index in [2.05, 4.69) is 195 Å². The summed E-state index contributed by atoms with van der Waals surface area (Å²) in [5.74, 6) is 1.09. The summed E-state index contributed by atoms with van der Waals surface area (Å²) in [6.45, 7) is 4.80. The molecule has 1 heteroatoms. The molecule has 2 atom stereocenters. The summed E-state index contributed by atoms with van der Waals surface area (Å²) in [7, 11) is 0. The van der Waals surface area contributed by atoms with Crippen LogP contribution < -0.4 is 4.90 Å². The number of hydrogen-bond acceptors (Lipinski definition) is 1. The van der Waals surface area contributed by atoms with Gasteiger partial charge in [0.2, 0.25) is 0 Å². The molecule has 0 saturated heterocycles. The van der Waals surface area contributed by atoms with Crippen molar-refractivity contribution in [2.75, 3.05) is 4.90 Å². The third-order valence-corrected chi connectivity index (χ3v) is 15.5. The molecule has 0 bridgehead atoms. The van der Waals surface area contributed by atoms with Crippen molar-refractivity contribution in [1.29, 1.82) is 0 Å². The number of para-hydroxylation sites is 1. The molecular formula is C59H47N. The molecule has 5 aliphatic rings. The lowest BCUT2D eigenvalue weighted by atomic mass is 9.63. The third kappa shape index (κ3) is 4.53. The van der Waals surface area contributed by atoms with E-state index in [1.807, 2.05) is 0 Å². The largest absolute Gasteiger partial charge is 0.310 e. The van der Waals surface area contributed by atoms with E-state index in [0.29, 0.717) is 11.8 Å². The van der Waals surface area contributed by atoms with Crippen molar-refractivity contribution in [1.82, 2.24) is 0 Å². The highest BCUT2D eigenvalue weighted by atomic mass is 15.1. The smallest absolute Gasteiger partial charge is 0.0540 e. The van der Waals surface area contributed by atoms with Gasteiger partial charge in [0, 0.05) is 22.4 Å². The number of anilines is 3. The molecule has 8 aromatic rings. The number of nitrogens with zero attached hydrogens (tertiary/aromatic N) is 1. The van der Waals surface area contributed by atoms with Crippen LogP contribution in [0.1, 0.15) is 90.0 Å². The summed E-state index contributed by atoms with van der Waals surface area (Å²) in [6.07, 6.45) is 6.10. The van der Waals surface area contributed by atoms with Gasteiger partial charge in [-0.05, 0) is 145 Å². The van der Waals surface area contributed by atoms with E-state index in [1.54, 1.807) is 5.56 Å². The predicted molar refractivity (Wildman–Crippen MR) is 249 cm³/mol. The van der Waals surface area contributed by atoms with Crippen LogP contribution >= 0.6 is 0 Å². The molecule has 1 fully saturated rings. The zero-order valence-electron chi connectivity index (χ0n) is 34.4. The maximum atomic E-state index is 2.63. The summed E-state index contributed by atoms with van der Waals surface area (Å²) in [5.41, 5.74) is 25.8. The lowest BCUT2D eigenvalue weighted by Crippen LogP contribution is -2.35. The number of hydrogen-bond donors (Lipinski definition) is 0. The van der Waals surface area contributed by atoms with Crippen LogP contribution in [0.3, 0.4) is 0 Å². The average Bonchev–Trinajstić information content (AvgIpc) is 3.98. The van der Waals surface area contributed by atoms with Gasteiger partial charge in [0.1, 0.15) is 0 Å². The molecular weight excluding hydrogens is 723 g/mol. The van der Waals surface area contributed by atoms with Crippen molar-refractivity contribution in [2.24, 2.45) is 5.92 Å². The molecule has 0 aromatic heterocycles. The standard InChI is InChI=1S/C59H47N/c1-58(2)51-22-10-5-18-45(51)49-31-28-40(35-55(49)58)60(57-26-14-9-17-44(57)38-27-30-43-39(34-38)33-37-15-3-4-16-42(37)43)41-29-32-50-48-21-8-13-25-54(48)59(56(50)36-41)52-23-11-6-19-46(52)47-20-7-12-24-53(47)59/h3-7,9-12,14-20,22-24,26-32,34-36,48,54H,8,13,21,25,33H2,1-2H3.